The monoisotopic (exact) mass is 553 g/mol. The fraction of sp³-hybridized carbons (Fsp3) is 0.943. The van der Waals surface area contributed by atoms with E-state index < -0.39 is 0 Å². The van der Waals surface area contributed by atoms with Crippen molar-refractivity contribution >= 4 is 11.8 Å². The number of hydrogen-bond acceptors (Lipinski definition) is 2. The minimum atomic E-state index is -0.323. The smallest absolute Gasteiger partial charge is 0.226 e. The lowest BCUT2D eigenvalue weighted by molar-refractivity contribution is -0.139. The van der Waals surface area contributed by atoms with Gasteiger partial charge in [0.2, 0.25) is 11.8 Å². The molecule has 0 aliphatic carbocycles. The molecule has 0 aliphatic heterocycles. The molecule has 2 unspecified atom stereocenters. The van der Waals surface area contributed by atoms with Gasteiger partial charge in [-0.15, -0.1) is 0 Å². The highest BCUT2D eigenvalue weighted by molar-refractivity contribution is 5.83. The number of unbranched alkanes of at least 4 members (excludes halogenated alkanes) is 5. The third kappa shape index (κ3) is 15.5. The second-order valence-corrected chi connectivity index (χ2v) is 16.9. The summed E-state index contributed by atoms with van der Waals surface area (Å²) in [4.78, 5) is 25.4. The highest BCUT2D eigenvalue weighted by Gasteiger charge is 2.47. The highest BCUT2D eigenvalue weighted by atomic mass is 16.2. The molecule has 2 amide bonds. The lowest BCUT2D eigenvalue weighted by Crippen LogP contribution is -2.49. The molecule has 0 saturated carbocycles. The normalized spacial score (nSPS) is 15.9. The number of amides is 2. The third-order valence-electron chi connectivity index (χ3n) is 8.46. The van der Waals surface area contributed by atoms with E-state index in [9.17, 15) is 9.59 Å². The minimum Gasteiger partial charge on any atom is -0.356 e. The van der Waals surface area contributed by atoms with E-state index in [2.05, 4.69) is 121 Å². The van der Waals surface area contributed by atoms with Gasteiger partial charge in [0.25, 0.3) is 0 Å². The third-order valence-corrected chi connectivity index (χ3v) is 8.46. The Morgan fingerprint density at radius 2 is 0.744 bits per heavy atom. The maximum absolute atomic E-state index is 12.7. The molecule has 2 N–H and O–H groups in total. The van der Waals surface area contributed by atoms with Gasteiger partial charge in [0, 0.05) is 13.1 Å². The predicted molar refractivity (Wildman–Crippen MR) is 173 cm³/mol. The summed E-state index contributed by atoms with van der Waals surface area (Å²) in [6.45, 7) is 36.6. The van der Waals surface area contributed by atoms with Gasteiger partial charge in [-0.05, 0) is 47.3 Å². The van der Waals surface area contributed by atoms with E-state index in [0.29, 0.717) is 0 Å². The van der Waals surface area contributed by atoms with Crippen LogP contribution in [-0.4, -0.2) is 24.9 Å². The standard InChI is InChI=1S/C18H37NO.C17H35NO/c1-9-10-11-12-13-19-15(20)18(8,17(5,6)7)14-16(2,3)4;1-9-10-11-12-18-14(19)17(8,16(5,6)7)13-15(2,3)4/h9-14H2,1-8H3,(H,19,20);9-13H2,1-8H3,(H,18,19). The molecule has 4 heteroatoms. The summed E-state index contributed by atoms with van der Waals surface area (Å²) in [5, 5.41) is 6.32. The lowest BCUT2D eigenvalue weighted by Gasteiger charge is -2.44. The first-order valence-electron chi connectivity index (χ1n) is 15.9. The largest absolute Gasteiger partial charge is 0.356 e. The van der Waals surface area contributed by atoms with E-state index in [1.54, 1.807) is 0 Å². The van der Waals surface area contributed by atoms with Crippen molar-refractivity contribution in [3.63, 3.8) is 0 Å². The zero-order chi connectivity index (χ0) is 31.3. The van der Waals surface area contributed by atoms with Crippen molar-refractivity contribution in [2.45, 2.75) is 169 Å². The maximum atomic E-state index is 12.7. The summed E-state index contributed by atoms with van der Waals surface area (Å²) < 4.78 is 0. The van der Waals surface area contributed by atoms with Gasteiger partial charge >= 0.3 is 0 Å². The van der Waals surface area contributed by atoms with Crippen molar-refractivity contribution in [2.75, 3.05) is 13.1 Å². The Labute approximate surface area is 246 Å². The first-order chi connectivity index (χ1) is 17.4. The molecule has 0 aliphatic rings. The molecule has 0 heterocycles. The second-order valence-electron chi connectivity index (χ2n) is 16.9. The first-order valence-corrected chi connectivity index (χ1v) is 15.9. The van der Waals surface area contributed by atoms with Crippen LogP contribution < -0.4 is 10.6 Å². The van der Waals surface area contributed by atoms with Crippen LogP contribution in [-0.2, 0) is 9.59 Å². The summed E-state index contributed by atoms with van der Waals surface area (Å²) in [5.41, 5.74) is -0.402. The van der Waals surface area contributed by atoms with E-state index in [1.807, 2.05) is 0 Å². The SMILES string of the molecule is CCCCCCNC(=O)C(C)(CC(C)(C)C)C(C)(C)C.CCCCCNC(=O)C(C)(CC(C)(C)C)C(C)(C)C. The average molecular weight is 553 g/mol. The van der Waals surface area contributed by atoms with Gasteiger partial charge in [-0.1, -0.05) is 143 Å². The van der Waals surface area contributed by atoms with Crippen LogP contribution in [0.25, 0.3) is 0 Å². The van der Waals surface area contributed by atoms with Gasteiger partial charge in [0.05, 0.1) is 10.8 Å². The highest BCUT2D eigenvalue weighted by Crippen LogP contribution is 2.47. The van der Waals surface area contributed by atoms with Crippen LogP contribution in [0, 0.1) is 32.5 Å². The Kier molecular flexibility index (Phi) is 16.9. The molecule has 0 radical (unpaired) electrons. The van der Waals surface area contributed by atoms with E-state index in [0.717, 1.165) is 38.8 Å². The van der Waals surface area contributed by atoms with Gasteiger partial charge in [0.1, 0.15) is 0 Å². The summed E-state index contributed by atoms with van der Waals surface area (Å²) in [6.07, 6.45) is 10.1. The summed E-state index contributed by atoms with van der Waals surface area (Å²) >= 11 is 0. The Morgan fingerprint density at radius 3 is 1.00 bits per heavy atom. The van der Waals surface area contributed by atoms with Crippen LogP contribution in [0.15, 0.2) is 0 Å². The molecule has 0 aromatic carbocycles. The number of nitrogens with one attached hydrogen (secondary N) is 2. The van der Waals surface area contributed by atoms with Crippen LogP contribution in [0.5, 0.6) is 0 Å². The van der Waals surface area contributed by atoms with Gasteiger partial charge in [-0.3, -0.25) is 9.59 Å². The average Bonchev–Trinajstić information content (AvgIpc) is 2.72. The lowest BCUT2D eigenvalue weighted by atomic mass is 9.61. The van der Waals surface area contributed by atoms with Crippen LogP contribution in [0.1, 0.15) is 169 Å². The van der Waals surface area contributed by atoms with Crippen LogP contribution >= 0.6 is 0 Å². The van der Waals surface area contributed by atoms with Crippen molar-refractivity contribution in [1.82, 2.24) is 10.6 Å². The molecule has 4 nitrogen and oxygen atoms in total. The minimum absolute atomic E-state index is 0.0326. The molecule has 0 spiro atoms. The van der Waals surface area contributed by atoms with E-state index >= 15 is 0 Å². The molecule has 0 bridgehead atoms. The van der Waals surface area contributed by atoms with Crippen LogP contribution in [0.4, 0.5) is 0 Å². The zero-order valence-corrected chi connectivity index (χ0v) is 29.6. The molecule has 0 saturated heterocycles. The summed E-state index contributed by atoms with van der Waals surface area (Å²) in [6, 6.07) is 0. The van der Waals surface area contributed by atoms with E-state index in [-0.39, 0.29) is 44.3 Å². The van der Waals surface area contributed by atoms with E-state index in [1.165, 1.54) is 32.1 Å². The van der Waals surface area contributed by atoms with E-state index in [4.69, 9.17) is 0 Å². The van der Waals surface area contributed by atoms with Crippen molar-refractivity contribution in [1.29, 1.82) is 0 Å². The Hall–Kier alpha value is -1.06. The molecular weight excluding hydrogens is 480 g/mol. The van der Waals surface area contributed by atoms with Gasteiger partial charge in [-0.25, -0.2) is 0 Å². The van der Waals surface area contributed by atoms with Crippen molar-refractivity contribution in [3.8, 4) is 0 Å². The van der Waals surface area contributed by atoms with Crippen molar-refractivity contribution in [3.05, 3.63) is 0 Å². The molecular formula is C35H72N2O2. The topological polar surface area (TPSA) is 58.2 Å². The summed E-state index contributed by atoms with van der Waals surface area (Å²) in [5.74, 6) is 0.433. The Bertz CT molecular complexity index is 700. The van der Waals surface area contributed by atoms with Crippen molar-refractivity contribution in [2.24, 2.45) is 32.5 Å². The van der Waals surface area contributed by atoms with Gasteiger partial charge in [0.15, 0.2) is 0 Å². The second kappa shape index (κ2) is 16.4. The fourth-order valence-electron chi connectivity index (χ4n) is 5.21. The molecule has 0 rings (SSSR count). The van der Waals surface area contributed by atoms with Gasteiger partial charge < -0.3 is 10.6 Å². The van der Waals surface area contributed by atoms with Crippen molar-refractivity contribution < 1.29 is 9.59 Å². The maximum Gasteiger partial charge on any atom is 0.226 e. The predicted octanol–water partition coefficient (Wildman–Crippen LogP) is 9.95. The number of carbonyl (C=O) groups excluding carboxylic acids is 2. The molecule has 2 atom stereocenters. The molecule has 0 fully saturated rings. The zero-order valence-electron chi connectivity index (χ0n) is 29.6. The quantitative estimate of drug-likeness (QED) is 0.223. The first kappa shape index (κ1) is 40.1. The number of hydrogen-bond donors (Lipinski definition) is 2. The molecule has 0 aromatic rings. The van der Waals surface area contributed by atoms with Crippen LogP contribution in [0.2, 0.25) is 0 Å². The number of carbonyl (C=O) groups is 2. The Morgan fingerprint density at radius 1 is 0.462 bits per heavy atom. The molecule has 234 valence electrons. The molecule has 0 aromatic heterocycles. The summed E-state index contributed by atoms with van der Waals surface area (Å²) in [7, 11) is 0. The fourth-order valence-corrected chi connectivity index (χ4v) is 5.21. The van der Waals surface area contributed by atoms with Crippen LogP contribution in [0.3, 0.4) is 0 Å². The molecule has 39 heavy (non-hydrogen) atoms. The Balaban J connectivity index is 0. The number of rotatable bonds is 13. The van der Waals surface area contributed by atoms with Gasteiger partial charge in [-0.2, -0.15) is 0 Å².